The van der Waals surface area contributed by atoms with Crippen LogP contribution in [0.4, 0.5) is 18.0 Å². The number of nitrogens with zero attached hydrogens (tertiary/aromatic N) is 1. The maximum Gasteiger partial charge on any atom is 0.422 e. The van der Waals surface area contributed by atoms with Gasteiger partial charge >= 0.3 is 12.3 Å². The van der Waals surface area contributed by atoms with Gasteiger partial charge in [0, 0.05) is 17.3 Å². The van der Waals surface area contributed by atoms with Crippen LogP contribution in [0.15, 0.2) is 22.5 Å². The second-order valence-corrected chi connectivity index (χ2v) is 6.87. The van der Waals surface area contributed by atoms with Crippen LogP contribution in [0.5, 0.6) is 0 Å². The summed E-state index contributed by atoms with van der Waals surface area (Å²) in [7, 11) is 0. The minimum atomic E-state index is -4.52. The van der Waals surface area contributed by atoms with Crippen LogP contribution in [0.3, 0.4) is 0 Å². The van der Waals surface area contributed by atoms with Crippen LogP contribution in [0.25, 0.3) is 10.2 Å². The fourth-order valence-corrected chi connectivity index (χ4v) is 3.57. The zero-order valence-corrected chi connectivity index (χ0v) is 13.3. The summed E-state index contributed by atoms with van der Waals surface area (Å²) in [5.41, 5.74) is 0.789. The lowest BCUT2D eigenvalue weighted by Crippen LogP contribution is -2.30. The van der Waals surface area contributed by atoms with Crippen molar-refractivity contribution in [3.63, 3.8) is 0 Å². The van der Waals surface area contributed by atoms with Gasteiger partial charge in [0.2, 0.25) is 0 Å². The number of hydrogen-bond donors (Lipinski definition) is 1. The topological polar surface area (TPSA) is 51.2 Å². The molecule has 2 rings (SSSR count). The van der Waals surface area contributed by atoms with Crippen molar-refractivity contribution in [1.82, 2.24) is 10.3 Å². The molecule has 4 nitrogen and oxygen atoms in total. The molecule has 0 aliphatic carbocycles. The molecule has 120 valence electrons. The number of alkyl halides is 3. The number of carbonyl (C=O) groups is 1. The number of halogens is 4. The van der Waals surface area contributed by atoms with Crippen molar-refractivity contribution in [2.75, 3.05) is 18.9 Å². The third-order valence-corrected chi connectivity index (χ3v) is 4.71. The predicted octanol–water partition coefficient (Wildman–Crippen LogP) is 4.33. The van der Waals surface area contributed by atoms with E-state index in [4.69, 9.17) is 11.6 Å². The molecule has 0 bridgehead atoms. The first-order valence-corrected chi connectivity index (χ1v) is 8.18. The molecule has 1 heterocycles. The smallest absolute Gasteiger partial charge is 0.422 e. The van der Waals surface area contributed by atoms with E-state index in [1.807, 2.05) is 6.07 Å². The van der Waals surface area contributed by atoms with Gasteiger partial charge in [-0.3, -0.25) is 0 Å². The van der Waals surface area contributed by atoms with Gasteiger partial charge in [-0.2, -0.15) is 13.2 Å². The normalized spacial score (nSPS) is 11.6. The Labute approximate surface area is 137 Å². The zero-order valence-electron chi connectivity index (χ0n) is 10.9. The summed E-state index contributed by atoms with van der Waals surface area (Å²) in [5, 5.41) is 2.84. The zero-order chi connectivity index (χ0) is 16.2. The van der Waals surface area contributed by atoms with Crippen molar-refractivity contribution in [2.24, 2.45) is 0 Å². The number of amides is 1. The molecule has 0 spiro atoms. The van der Waals surface area contributed by atoms with Crippen LogP contribution in [-0.4, -0.2) is 36.2 Å². The Kier molecular flexibility index (Phi) is 5.76. The molecule has 1 N–H and O–H groups in total. The molecule has 1 aromatic carbocycles. The molecule has 0 unspecified atom stereocenters. The van der Waals surface area contributed by atoms with E-state index < -0.39 is 18.9 Å². The third-order valence-electron chi connectivity index (χ3n) is 2.29. The second-order valence-electron chi connectivity index (χ2n) is 4.06. The van der Waals surface area contributed by atoms with E-state index in [0.717, 1.165) is 14.6 Å². The molecule has 0 saturated carbocycles. The number of nitrogens with one attached hydrogen (secondary N) is 1. The minimum Gasteiger partial charge on any atom is -0.440 e. The summed E-state index contributed by atoms with van der Waals surface area (Å²) < 4.78 is 41.3. The molecule has 2 aromatic rings. The van der Waals surface area contributed by atoms with Crippen LogP contribution in [0, 0.1) is 0 Å². The van der Waals surface area contributed by atoms with Gasteiger partial charge in [0.05, 0.1) is 10.2 Å². The van der Waals surface area contributed by atoms with Gasteiger partial charge in [-0.25, -0.2) is 9.78 Å². The largest absolute Gasteiger partial charge is 0.440 e. The molecule has 0 aliphatic heterocycles. The molecule has 0 radical (unpaired) electrons. The summed E-state index contributed by atoms with van der Waals surface area (Å²) in [6, 6.07) is 5.39. The highest BCUT2D eigenvalue weighted by Crippen LogP contribution is 2.30. The SMILES string of the molecule is O=C(NCCSc1nc2cc(Cl)ccc2s1)OCC(F)(F)F. The standard InChI is InChI=1S/C12H10ClF3N2O2S2/c13-7-1-2-9-8(5-7)18-11(22-9)21-4-3-17-10(19)20-6-12(14,15)16/h1-2,5H,3-4,6H2,(H,17,19). The van der Waals surface area contributed by atoms with E-state index in [0.29, 0.717) is 10.8 Å². The first-order valence-electron chi connectivity index (χ1n) is 6.00. The minimum absolute atomic E-state index is 0.179. The van der Waals surface area contributed by atoms with E-state index in [2.05, 4.69) is 15.0 Å². The maximum absolute atomic E-state index is 11.8. The van der Waals surface area contributed by atoms with Crippen LogP contribution < -0.4 is 5.32 Å². The number of alkyl carbamates (subject to hydrolysis) is 1. The Bertz CT molecular complexity index is 663. The van der Waals surface area contributed by atoms with Gasteiger partial charge in [0.25, 0.3) is 0 Å². The van der Waals surface area contributed by atoms with E-state index in [1.165, 1.54) is 23.1 Å². The number of carbonyl (C=O) groups excluding carboxylic acids is 1. The summed E-state index contributed by atoms with van der Waals surface area (Å²) in [6.07, 6.45) is -5.61. The second kappa shape index (κ2) is 7.38. The van der Waals surface area contributed by atoms with Crippen molar-refractivity contribution < 1.29 is 22.7 Å². The van der Waals surface area contributed by atoms with Crippen LogP contribution >= 0.6 is 34.7 Å². The Morgan fingerprint density at radius 2 is 2.23 bits per heavy atom. The van der Waals surface area contributed by atoms with Gasteiger partial charge in [0.1, 0.15) is 0 Å². The molecular formula is C12H10ClF3N2O2S2. The van der Waals surface area contributed by atoms with E-state index in [-0.39, 0.29) is 6.54 Å². The highest BCUT2D eigenvalue weighted by atomic mass is 35.5. The van der Waals surface area contributed by atoms with Crippen molar-refractivity contribution in [3.8, 4) is 0 Å². The number of ether oxygens (including phenoxy) is 1. The van der Waals surface area contributed by atoms with Crippen molar-refractivity contribution in [1.29, 1.82) is 0 Å². The van der Waals surface area contributed by atoms with Crippen molar-refractivity contribution >= 4 is 51.0 Å². The van der Waals surface area contributed by atoms with Gasteiger partial charge in [-0.05, 0) is 18.2 Å². The first-order chi connectivity index (χ1) is 10.3. The highest BCUT2D eigenvalue weighted by molar-refractivity contribution is 8.01. The summed E-state index contributed by atoms with van der Waals surface area (Å²) >= 11 is 8.74. The lowest BCUT2D eigenvalue weighted by atomic mass is 10.3. The van der Waals surface area contributed by atoms with Gasteiger partial charge < -0.3 is 10.1 Å². The summed E-state index contributed by atoms with van der Waals surface area (Å²) in [6.45, 7) is -1.41. The average Bonchev–Trinajstić information content (AvgIpc) is 2.82. The Hall–Kier alpha value is -1.19. The van der Waals surface area contributed by atoms with Gasteiger partial charge in [0.15, 0.2) is 10.9 Å². The number of rotatable bonds is 5. The molecule has 0 atom stereocenters. The van der Waals surface area contributed by atoms with Crippen molar-refractivity contribution in [3.05, 3.63) is 23.2 Å². The van der Waals surface area contributed by atoms with Crippen LogP contribution in [0.1, 0.15) is 0 Å². The van der Waals surface area contributed by atoms with Crippen LogP contribution in [-0.2, 0) is 4.74 Å². The number of thiazole rings is 1. The molecule has 0 saturated heterocycles. The highest BCUT2D eigenvalue weighted by Gasteiger charge is 2.29. The lowest BCUT2D eigenvalue weighted by molar-refractivity contribution is -0.160. The van der Waals surface area contributed by atoms with E-state index in [9.17, 15) is 18.0 Å². The molecule has 1 amide bonds. The number of hydrogen-bond acceptors (Lipinski definition) is 5. The summed E-state index contributed by atoms with van der Waals surface area (Å²) in [5.74, 6) is 0.467. The number of fused-ring (bicyclic) bond motifs is 1. The predicted molar refractivity (Wildman–Crippen MR) is 80.8 cm³/mol. The molecule has 0 fully saturated rings. The number of aromatic nitrogens is 1. The molecule has 10 heteroatoms. The number of benzene rings is 1. The Morgan fingerprint density at radius 3 is 2.95 bits per heavy atom. The van der Waals surface area contributed by atoms with Gasteiger partial charge in [-0.1, -0.05) is 23.4 Å². The Morgan fingerprint density at radius 1 is 1.45 bits per heavy atom. The van der Waals surface area contributed by atoms with E-state index in [1.54, 1.807) is 12.1 Å². The van der Waals surface area contributed by atoms with Crippen LogP contribution in [0.2, 0.25) is 5.02 Å². The Balaban J connectivity index is 1.72. The maximum atomic E-state index is 11.8. The lowest BCUT2D eigenvalue weighted by Gasteiger charge is -2.08. The molecular weight excluding hydrogens is 361 g/mol. The monoisotopic (exact) mass is 370 g/mol. The van der Waals surface area contributed by atoms with Gasteiger partial charge in [-0.15, -0.1) is 11.3 Å². The quantitative estimate of drug-likeness (QED) is 0.628. The average molecular weight is 371 g/mol. The number of thioether (sulfide) groups is 1. The third kappa shape index (κ3) is 5.54. The van der Waals surface area contributed by atoms with Crippen molar-refractivity contribution in [2.45, 2.75) is 10.5 Å². The van der Waals surface area contributed by atoms with E-state index >= 15 is 0 Å². The summed E-state index contributed by atoms with van der Waals surface area (Å²) in [4.78, 5) is 15.4. The fraction of sp³-hybridized carbons (Fsp3) is 0.333. The first kappa shape index (κ1) is 17.2. The molecule has 22 heavy (non-hydrogen) atoms. The fourth-order valence-electron chi connectivity index (χ4n) is 1.43. The molecule has 1 aromatic heterocycles. The molecule has 0 aliphatic rings.